The van der Waals surface area contributed by atoms with Crippen molar-refractivity contribution in [2.45, 2.75) is 19.6 Å². The number of H-pyrrole nitrogens is 1. The van der Waals surface area contributed by atoms with E-state index in [1.54, 1.807) is 24.4 Å². The number of rotatable bonds is 9. The van der Waals surface area contributed by atoms with E-state index in [1.165, 1.54) is 12.1 Å². The van der Waals surface area contributed by atoms with Crippen molar-refractivity contribution in [1.82, 2.24) is 34.6 Å². The molecule has 0 atom stereocenters. The molecule has 1 aromatic carbocycles. The molecule has 0 bridgehead atoms. The average molecular weight is 592 g/mol. The second-order valence-corrected chi connectivity index (χ2v) is 11.6. The van der Waals surface area contributed by atoms with Gasteiger partial charge in [-0.1, -0.05) is 0 Å². The van der Waals surface area contributed by atoms with Crippen LogP contribution in [0.25, 0.3) is 22.6 Å². The predicted octanol–water partition coefficient (Wildman–Crippen LogP) is 2.64. The summed E-state index contributed by atoms with van der Waals surface area (Å²) < 4.78 is 26.0. The fourth-order valence-corrected chi connectivity index (χ4v) is 5.44. The monoisotopic (exact) mass is 591 g/mol. The van der Waals surface area contributed by atoms with Crippen molar-refractivity contribution in [2.75, 3.05) is 77.9 Å². The minimum atomic E-state index is -0.796. The first-order valence-electron chi connectivity index (χ1n) is 14.8. The zero-order chi connectivity index (χ0) is 29.8. The first kappa shape index (κ1) is 29.1. The van der Waals surface area contributed by atoms with Gasteiger partial charge in [0.1, 0.15) is 5.82 Å². The molecule has 0 aliphatic carbocycles. The van der Waals surface area contributed by atoms with Crippen LogP contribution in [0.4, 0.5) is 10.3 Å². The van der Waals surface area contributed by atoms with E-state index >= 15 is 0 Å². The number of carbonyl (C=O) groups is 1. The third kappa shape index (κ3) is 6.68. The van der Waals surface area contributed by atoms with Gasteiger partial charge in [0.05, 0.1) is 48.6 Å². The van der Waals surface area contributed by atoms with E-state index in [9.17, 15) is 9.18 Å². The topological polar surface area (TPSA) is 124 Å². The number of nitrogens with one attached hydrogen (secondary N) is 2. The molecule has 5 heterocycles. The minimum Gasteiger partial charge on any atom is -0.361 e. The molecule has 0 spiro atoms. The lowest BCUT2D eigenvalue weighted by atomic mass is 9.90. The number of imidazole rings is 1. The number of likely N-dealkylation sites (N-methyl/N-ethyl adjacent to an activating group) is 1. The molecular formula is C30H38FN9O3. The molecule has 6 rings (SSSR count). The van der Waals surface area contributed by atoms with Crippen molar-refractivity contribution in [3.63, 3.8) is 0 Å². The van der Waals surface area contributed by atoms with Gasteiger partial charge in [-0.15, -0.1) is 0 Å². The SMILES string of the molecule is CN1CCN(C(=O)C2(C)COC(c3nc(-c4ccc(F)cc4)c(-c4ccnc(NCCCN5C=NCC5)n4)[nH]3)OC2)CC1. The molecule has 2 N–H and O–H groups in total. The largest absolute Gasteiger partial charge is 0.361 e. The van der Waals surface area contributed by atoms with Gasteiger partial charge in [0.25, 0.3) is 0 Å². The zero-order valence-corrected chi connectivity index (χ0v) is 24.6. The maximum Gasteiger partial charge on any atom is 0.233 e. The van der Waals surface area contributed by atoms with Crippen LogP contribution in [-0.4, -0.2) is 120 Å². The van der Waals surface area contributed by atoms with E-state index < -0.39 is 11.7 Å². The minimum absolute atomic E-state index is 0.0424. The van der Waals surface area contributed by atoms with Crippen LogP contribution in [-0.2, 0) is 14.3 Å². The summed E-state index contributed by atoms with van der Waals surface area (Å²) in [4.78, 5) is 41.2. The molecule has 2 aromatic heterocycles. The fraction of sp³-hybridized carbons (Fsp3) is 0.500. The van der Waals surface area contributed by atoms with Crippen molar-refractivity contribution in [3.8, 4) is 22.6 Å². The fourth-order valence-electron chi connectivity index (χ4n) is 5.44. The molecule has 43 heavy (non-hydrogen) atoms. The second-order valence-electron chi connectivity index (χ2n) is 11.6. The summed E-state index contributed by atoms with van der Waals surface area (Å²) in [7, 11) is 2.06. The van der Waals surface area contributed by atoms with Gasteiger partial charge in [-0.25, -0.2) is 19.3 Å². The van der Waals surface area contributed by atoms with Gasteiger partial charge >= 0.3 is 0 Å². The molecular weight excluding hydrogens is 553 g/mol. The predicted molar refractivity (Wildman–Crippen MR) is 160 cm³/mol. The number of hydrogen-bond acceptors (Lipinski definition) is 10. The van der Waals surface area contributed by atoms with Gasteiger partial charge in [-0.3, -0.25) is 9.79 Å². The second kappa shape index (κ2) is 12.7. The first-order valence-corrected chi connectivity index (χ1v) is 14.8. The molecule has 12 nitrogen and oxygen atoms in total. The Hall–Kier alpha value is -3.94. The number of piperazine rings is 1. The van der Waals surface area contributed by atoms with Crippen LogP contribution in [0.3, 0.4) is 0 Å². The number of hydrogen-bond donors (Lipinski definition) is 2. The van der Waals surface area contributed by atoms with E-state index in [-0.39, 0.29) is 24.9 Å². The molecule has 2 saturated heterocycles. The Morgan fingerprint density at radius 2 is 1.86 bits per heavy atom. The lowest BCUT2D eigenvalue weighted by Gasteiger charge is -2.41. The number of aromatic amines is 1. The van der Waals surface area contributed by atoms with E-state index in [4.69, 9.17) is 19.4 Å². The number of ether oxygens (including phenoxy) is 2. The van der Waals surface area contributed by atoms with E-state index in [1.807, 2.05) is 18.2 Å². The Bertz CT molecular complexity index is 1430. The lowest BCUT2D eigenvalue weighted by molar-refractivity contribution is -0.234. The maximum atomic E-state index is 13.8. The van der Waals surface area contributed by atoms with E-state index in [0.29, 0.717) is 54.1 Å². The van der Waals surface area contributed by atoms with Gasteiger partial charge in [0.2, 0.25) is 18.1 Å². The van der Waals surface area contributed by atoms with Crippen LogP contribution >= 0.6 is 0 Å². The van der Waals surface area contributed by atoms with Crippen LogP contribution in [0.5, 0.6) is 0 Å². The lowest BCUT2D eigenvalue weighted by Crippen LogP contribution is -2.55. The zero-order valence-electron chi connectivity index (χ0n) is 24.6. The van der Waals surface area contributed by atoms with Crippen molar-refractivity contribution < 1.29 is 18.7 Å². The first-order chi connectivity index (χ1) is 20.9. The van der Waals surface area contributed by atoms with Crippen LogP contribution in [0.2, 0.25) is 0 Å². The standard InChI is InChI=1S/C30H38FN9O3/c1-30(28(41)40-16-14-38(2)15-17-40)18-42-27(43-19-30)26-36-24(21-4-6-22(31)7-5-21)25(37-26)23-8-10-34-29(35-23)33-9-3-12-39-13-11-32-20-39/h4-8,10,20,27H,3,9,11-19H2,1-2H3,(H,36,37)(H,33,34,35). The van der Waals surface area contributed by atoms with Gasteiger partial charge in [0, 0.05) is 57.6 Å². The molecule has 3 aliphatic rings. The van der Waals surface area contributed by atoms with E-state index in [2.05, 4.69) is 37.1 Å². The van der Waals surface area contributed by atoms with Crippen LogP contribution in [0, 0.1) is 11.2 Å². The Balaban J connectivity index is 1.18. The number of aliphatic imine (C=N–C) groups is 1. The van der Waals surface area contributed by atoms with Crippen LogP contribution in [0.1, 0.15) is 25.5 Å². The summed E-state index contributed by atoms with van der Waals surface area (Å²) in [5.74, 6) is 0.653. The number of anilines is 1. The van der Waals surface area contributed by atoms with Gasteiger partial charge in [-0.2, -0.15) is 0 Å². The summed E-state index contributed by atoms with van der Waals surface area (Å²) in [6, 6.07) is 7.94. The highest BCUT2D eigenvalue weighted by atomic mass is 19.1. The summed E-state index contributed by atoms with van der Waals surface area (Å²) in [6.45, 7) is 8.81. The molecule has 13 heteroatoms. The highest BCUT2D eigenvalue weighted by molar-refractivity contribution is 5.83. The maximum absolute atomic E-state index is 13.8. The number of halogens is 1. The van der Waals surface area contributed by atoms with Crippen LogP contribution in [0.15, 0.2) is 41.5 Å². The Morgan fingerprint density at radius 1 is 1.09 bits per heavy atom. The number of amides is 1. The molecule has 0 radical (unpaired) electrons. The molecule has 3 aromatic rings. The Labute approximate surface area is 250 Å². The Morgan fingerprint density at radius 3 is 2.58 bits per heavy atom. The molecule has 228 valence electrons. The molecule has 0 saturated carbocycles. The summed E-state index contributed by atoms with van der Waals surface area (Å²) >= 11 is 0. The summed E-state index contributed by atoms with van der Waals surface area (Å²) in [5, 5.41) is 3.30. The van der Waals surface area contributed by atoms with Gasteiger partial charge in [-0.05, 0) is 50.7 Å². The highest BCUT2D eigenvalue weighted by Gasteiger charge is 2.43. The molecule has 1 amide bonds. The number of aromatic nitrogens is 4. The summed E-state index contributed by atoms with van der Waals surface area (Å²) in [5.41, 5.74) is 1.77. The average Bonchev–Trinajstić information content (AvgIpc) is 3.71. The Kier molecular flexibility index (Phi) is 8.63. The number of carbonyl (C=O) groups excluding carboxylic acids is 1. The highest BCUT2D eigenvalue weighted by Crippen LogP contribution is 2.36. The van der Waals surface area contributed by atoms with Crippen molar-refractivity contribution in [2.24, 2.45) is 10.4 Å². The third-order valence-corrected chi connectivity index (χ3v) is 8.05. The van der Waals surface area contributed by atoms with Crippen molar-refractivity contribution >= 4 is 18.2 Å². The van der Waals surface area contributed by atoms with Crippen LogP contribution < -0.4 is 5.32 Å². The smallest absolute Gasteiger partial charge is 0.233 e. The third-order valence-electron chi connectivity index (χ3n) is 8.05. The van der Waals surface area contributed by atoms with Crippen molar-refractivity contribution in [3.05, 3.63) is 48.2 Å². The van der Waals surface area contributed by atoms with E-state index in [0.717, 1.165) is 39.1 Å². The van der Waals surface area contributed by atoms with Gasteiger partial charge < -0.3 is 34.5 Å². The quantitative estimate of drug-likeness (QED) is 0.362. The number of benzene rings is 1. The van der Waals surface area contributed by atoms with Gasteiger partial charge in [0.15, 0.2) is 5.82 Å². The number of nitrogens with zero attached hydrogens (tertiary/aromatic N) is 7. The normalized spacial score (nSPS) is 22.7. The molecule has 0 unspecified atom stereocenters. The molecule has 2 fully saturated rings. The van der Waals surface area contributed by atoms with Crippen molar-refractivity contribution in [1.29, 1.82) is 0 Å². The molecule has 3 aliphatic heterocycles. The summed E-state index contributed by atoms with van der Waals surface area (Å²) in [6.07, 6.45) is 3.71.